The van der Waals surface area contributed by atoms with Gasteiger partial charge in [0.2, 0.25) is 0 Å². The van der Waals surface area contributed by atoms with Crippen LogP contribution in [0.15, 0.2) is 53.1 Å². The summed E-state index contributed by atoms with van der Waals surface area (Å²) in [6.07, 6.45) is 0. The third-order valence-electron chi connectivity index (χ3n) is 3.63. The molecule has 0 unspecified atom stereocenters. The lowest BCUT2D eigenvalue weighted by molar-refractivity contribution is -0.123. The van der Waals surface area contributed by atoms with Crippen LogP contribution in [-0.4, -0.2) is 24.8 Å². The van der Waals surface area contributed by atoms with E-state index in [0.29, 0.717) is 17.2 Å². The summed E-state index contributed by atoms with van der Waals surface area (Å²) in [6, 6.07) is 11.5. The zero-order valence-electron chi connectivity index (χ0n) is 14.4. The van der Waals surface area contributed by atoms with Crippen molar-refractivity contribution in [2.75, 3.05) is 13.7 Å². The second-order valence-electron chi connectivity index (χ2n) is 5.55. The van der Waals surface area contributed by atoms with Gasteiger partial charge in [0.05, 0.1) is 19.2 Å². The summed E-state index contributed by atoms with van der Waals surface area (Å²) in [7, 11) is 1.54. The van der Waals surface area contributed by atoms with Gasteiger partial charge in [-0.05, 0) is 24.3 Å². The highest BCUT2D eigenvalue weighted by molar-refractivity contribution is 5.77. The number of carbonyl (C=O) groups excluding carboxylic acids is 1. The van der Waals surface area contributed by atoms with Gasteiger partial charge in [-0.1, -0.05) is 11.2 Å². The molecule has 0 aliphatic rings. The second-order valence-corrected chi connectivity index (χ2v) is 5.55. The Morgan fingerprint density at radius 1 is 1.15 bits per heavy atom. The molecular formula is C19H16F2N2O4. The van der Waals surface area contributed by atoms with Crippen LogP contribution in [0.5, 0.6) is 11.5 Å². The van der Waals surface area contributed by atoms with E-state index in [1.807, 2.05) is 0 Å². The summed E-state index contributed by atoms with van der Waals surface area (Å²) in [5.74, 6) is -0.538. The number of benzene rings is 2. The summed E-state index contributed by atoms with van der Waals surface area (Å²) in [5, 5.41) is 6.38. The third kappa shape index (κ3) is 4.81. The number of methoxy groups -OCH3 is 1. The molecule has 0 aliphatic heterocycles. The van der Waals surface area contributed by atoms with Crippen molar-refractivity contribution in [1.29, 1.82) is 0 Å². The molecule has 0 aliphatic carbocycles. The summed E-state index contributed by atoms with van der Waals surface area (Å²) < 4.78 is 42.2. The maximum atomic E-state index is 13.8. The van der Waals surface area contributed by atoms with Gasteiger partial charge in [-0.25, -0.2) is 8.78 Å². The highest BCUT2D eigenvalue weighted by atomic mass is 19.1. The van der Waals surface area contributed by atoms with Crippen LogP contribution in [0.25, 0.3) is 11.3 Å². The molecule has 1 N–H and O–H groups in total. The molecule has 27 heavy (non-hydrogen) atoms. The van der Waals surface area contributed by atoms with Crippen molar-refractivity contribution in [1.82, 2.24) is 10.5 Å². The minimum Gasteiger partial charge on any atom is -0.497 e. The Balaban J connectivity index is 1.52. The van der Waals surface area contributed by atoms with Crippen molar-refractivity contribution in [3.63, 3.8) is 0 Å². The largest absolute Gasteiger partial charge is 0.497 e. The molecule has 0 saturated carbocycles. The van der Waals surface area contributed by atoms with Gasteiger partial charge in [-0.2, -0.15) is 0 Å². The Bertz CT molecular complexity index is 943. The Kier molecular flexibility index (Phi) is 5.65. The molecule has 2 aromatic carbocycles. The predicted octanol–water partition coefficient (Wildman–Crippen LogP) is 3.32. The molecule has 0 bridgehead atoms. The molecule has 1 heterocycles. The molecule has 0 spiro atoms. The van der Waals surface area contributed by atoms with Gasteiger partial charge in [0.25, 0.3) is 5.91 Å². The van der Waals surface area contributed by atoms with Gasteiger partial charge in [0.1, 0.15) is 28.8 Å². The average Bonchev–Trinajstić information content (AvgIpc) is 3.13. The van der Waals surface area contributed by atoms with Gasteiger partial charge in [-0.15, -0.1) is 0 Å². The van der Waals surface area contributed by atoms with E-state index in [9.17, 15) is 13.6 Å². The fraction of sp³-hybridized carbons (Fsp3) is 0.158. The Hall–Kier alpha value is -3.42. The number of halogens is 2. The van der Waals surface area contributed by atoms with Crippen LogP contribution in [0.4, 0.5) is 8.78 Å². The topological polar surface area (TPSA) is 73.6 Å². The number of rotatable bonds is 7. The molecule has 140 valence electrons. The standard InChI is InChI=1S/C19H16F2N2O4/c1-25-14-3-2-4-15(9-14)26-11-19(24)22-10-13-8-18(27-23-13)16-6-5-12(20)7-17(16)21/h2-9H,10-11H2,1H3,(H,22,24). The van der Waals surface area contributed by atoms with Crippen LogP contribution in [0, 0.1) is 11.6 Å². The fourth-order valence-corrected chi connectivity index (χ4v) is 2.29. The average molecular weight is 374 g/mol. The van der Waals surface area contributed by atoms with Crippen LogP contribution >= 0.6 is 0 Å². The monoisotopic (exact) mass is 374 g/mol. The first-order valence-electron chi connectivity index (χ1n) is 7.99. The van der Waals surface area contributed by atoms with E-state index in [1.54, 1.807) is 24.3 Å². The quantitative estimate of drug-likeness (QED) is 0.687. The first kappa shape index (κ1) is 18.4. The number of nitrogens with one attached hydrogen (secondary N) is 1. The number of hydrogen-bond acceptors (Lipinski definition) is 5. The van der Waals surface area contributed by atoms with E-state index in [1.165, 1.54) is 19.2 Å². The molecule has 1 aromatic heterocycles. The number of amides is 1. The van der Waals surface area contributed by atoms with Crippen LogP contribution in [0.3, 0.4) is 0 Å². The zero-order chi connectivity index (χ0) is 19.2. The third-order valence-corrected chi connectivity index (χ3v) is 3.63. The van der Waals surface area contributed by atoms with E-state index in [2.05, 4.69) is 10.5 Å². The highest BCUT2D eigenvalue weighted by Gasteiger charge is 2.13. The minimum atomic E-state index is -0.756. The Labute approximate surface area is 153 Å². The molecule has 3 rings (SSSR count). The van der Waals surface area contributed by atoms with Crippen molar-refractivity contribution in [2.45, 2.75) is 6.54 Å². The van der Waals surface area contributed by atoms with Crippen molar-refractivity contribution in [3.8, 4) is 22.8 Å². The van der Waals surface area contributed by atoms with Crippen LogP contribution in [-0.2, 0) is 11.3 Å². The smallest absolute Gasteiger partial charge is 0.258 e. The van der Waals surface area contributed by atoms with Gasteiger partial charge < -0.3 is 19.3 Å². The lowest BCUT2D eigenvalue weighted by atomic mass is 10.1. The van der Waals surface area contributed by atoms with Crippen molar-refractivity contribution >= 4 is 5.91 Å². The van der Waals surface area contributed by atoms with E-state index in [0.717, 1.165) is 12.1 Å². The number of aromatic nitrogens is 1. The number of nitrogens with zero attached hydrogens (tertiary/aromatic N) is 1. The highest BCUT2D eigenvalue weighted by Crippen LogP contribution is 2.24. The Morgan fingerprint density at radius 2 is 1.96 bits per heavy atom. The maximum Gasteiger partial charge on any atom is 0.258 e. The number of hydrogen-bond donors (Lipinski definition) is 1. The molecular weight excluding hydrogens is 358 g/mol. The molecule has 0 saturated heterocycles. The van der Waals surface area contributed by atoms with Crippen LogP contribution in [0.2, 0.25) is 0 Å². The normalized spacial score (nSPS) is 10.5. The van der Waals surface area contributed by atoms with Gasteiger partial charge in [0.15, 0.2) is 12.4 Å². The first-order chi connectivity index (χ1) is 13.0. The van der Waals surface area contributed by atoms with Gasteiger partial charge in [0, 0.05) is 18.2 Å². The zero-order valence-corrected chi connectivity index (χ0v) is 14.4. The van der Waals surface area contributed by atoms with Crippen LogP contribution < -0.4 is 14.8 Å². The van der Waals surface area contributed by atoms with Crippen molar-refractivity contribution in [3.05, 3.63) is 65.9 Å². The molecule has 3 aromatic rings. The van der Waals surface area contributed by atoms with Gasteiger partial charge in [-0.3, -0.25) is 4.79 Å². The fourth-order valence-electron chi connectivity index (χ4n) is 2.29. The van der Waals surface area contributed by atoms with Crippen molar-refractivity contribution < 1.29 is 27.6 Å². The van der Waals surface area contributed by atoms with E-state index >= 15 is 0 Å². The molecule has 1 amide bonds. The van der Waals surface area contributed by atoms with Gasteiger partial charge >= 0.3 is 0 Å². The van der Waals surface area contributed by atoms with Crippen LogP contribution in [0.1, 0.15) is 5.69 Å². The molecule has 0 fully saturated rings. The number of carbonyl (C=O) groups is 1. The second kappa shape index (κ2) is 8.31. The van der Waals surface area contributed by atoms with E-state index in [-0.39, 0.29) is 30.4 Å². The summed E-state index contributed by atoms with van der Waals surface area (Å²) in [4.78, 5) is 11.9. The maximum absolute atomic E-state index is 13.8. The summed E-state index contributed by atoms with van der Waals surface area (Å²) in [5.41, 5.74) is 0.478. The lowest BCUT2D eigenvalue weighted by Gasteiger charge is -2.07. The summed E-state index contributed by atoms with van der Waals surface area (Å²) in [6.45, 7) is -0.114. The predicted molar refractivity (Wildman–Crippen MR) is 92.2 cm³/mol. The molecule has 0 atom stereocenters. The minimum absolute atomic E-state index is 0.0760. The van der Waals surface area contributed by atoms with E-state index in [4.69, 9.17) is 14.0 Å². The molecule has 0 radical (unpaired) electrons. The molecule has 8 heteroatoms. The van der Waals surface area contributed by atoms with E-state index < -0.39 is 11.6 Å². The lowest BCUT2D eigenvalue weighted by Crippen LogP contribution is -2.28. The SMILES string of the molecule is COc1cccc(OCC(=O)NCc2cc(-c3ccc(F)cc3F)on2)c1. The number of ether oxygens (including phenoxy) is 2. The first-order valence-corrected chi connectivity index (χ1v) is 7.99. The van der Waals surface area contributed by atoms with Crippen molar-refractivity contribution in [2.24, 2.45) is 0 Å². The Morgan fingerprint density at radius 3 is 2.74 bits per heavy atom. The summed E-state index contributed by atoms with van der Waals surface area (Å²) >= 11 is 0. The molecule has 6 nitrogen and oxygen atoms in total.